The second-order valence-corrected chi connectivity index (χ2v) is 5.60. The molecule has 3 nitrogen and oxygen atoms in total. The van der Waals surface area contributed by atoms with Gasteiger partial charge in [-0.1, -0.05) is 23.9 Å². The smallest absolute Gasteiger partial charge is 0.170 e. The van der Waals surface area contributed by atoms with Crippen LogP contribution in [-0.2, 0) is 0 Å². The molecule has 2 rings (SSSR count). The van der Waals surface area contributed by atoms with Crippen molar-refractivity contribution in [3.05, 3.63) is 41.5 Å². The molecule has 6 heteroatoms. The van der Waals surface area contributed by atoms with Crippen LogP contribution in [0.3, 0.4) is 0 Å². The fourth-order valence-electron chi connectivity index (χ4n) is 1.33. The molecule has 17 heavy (non-hydrogen) atoms. The Labute approximate surface area is 107 Å². The van der Waals surface area contributed by atoms with E-state index in [0.29, 0.717) is 5.75 Å². The molecular formula is C11H12FN3S2. The van der Waals surface area contributed by atoms with Gasteiger partial charge in [-0.2, -0.15) is 4.37 Å². The number of hydrogen-bond donors (Lipinski definition) is 1. The van der Waals surface area contributed by atoms with Crippen molar-refractivity contribution >= 4 is 23.3 Å². The van der Waals surface area contributed by atoms with Crippen molar-refractivity contribution in [3.63, 3.8) is 0 Å². The summed E-state index contributed by atoms with van der Waals surface area (Å²) in [6.07, 6.45) is 0. The molecule has 90 valence electrons. The summed E-state index contributed by atoms with van der Waals surface area (Å²) in [6.45, 7) is 1.85. The highest BCUT2D eigenvalue weighted by molar-refractivity contribution is 8.00. The van der Waals surface area contributed by atoms with Gasteiger partial charge in [0.1, 0.15) is 11.6 Å². The van der Waals surface area contributed by atoms with Crippen molar-refractivity contribution < 1.29 is 4.39 Å². The highest BCUT2D eigenvalue weighted by Gasteiger charge is 2.09. The Morgan fingerprint density at radius 1 is 1.53 bits per heavy atom. The zero-order valence-corrected chi connectivity index (χ0v) is 10.9. The monoisotopic (exact) mass is 269 g/mol. The van der Waals surface area contributed by atoms with Crippen molar-refractivity contribution in [2.75, 3.05) is 5.75 Å². The van der Waals surface area contributed by atoms with Crippen molar-refractivity contribution in [3.8, 4) is 0 Å². The van der Waals surface area contributed by atoms with E-state index in [2.05, 4.69) is 9.36 Å². The third-order valence-corrected chi connectivity index (χ3v) is 4.22. The quantitative estimate of drug-likeness (QED) is 0.867. The molecule has 1 aromatic carbocycles. The molecule has 0 fully saturated rings. The number of thioether (sulfide) groups is 1. The number of aryl methyl sites for hydroxylation is 1. The summed E-state index contributed by atoms with van der Waals surface area (Å²) in [5.41, 5.74) is 6.79. The van der Waals surface area contributed by atoms with E-state index in [1.54, 1.807) is 17.8 Å². The summed E-state index contributed by atoms with van der Waals surface area (Å²) in [7, 11) is 0. The van der Waals surface area contributed by atoms with Gasteiger partial charge in [0.15, 0.2) is 4.34 Å². The van der Waals surface area contributed by atoms with E-state index in [1.165, 1.54) is 23.7 Å². The summed E-state index contributed by atoms with van der Waals surface area (Å²) in [5.74, 6) is 1.18. The lowest BCUT2D eigenvalue weighted by atomic mass is 10.1. The first kappa shape index (κ1) is 12.5. The molecule has 2 N–H and O–H groups in total. The van der Waals surface area contributed by atoms with Gasteiger partial charge >= 0.3 is 0 Å². The number of benzene rings is 1. The van der Waals surface area contributed by atoms with Crippen LogP contribution in [0.25, 0.3) is 0 Å². The maximum atomic E-state index is 13.0. The molecule has 1 aromatic heterocycles. The molecule has 0 saturated heterocycles. The van der Waals surface area contributed by atoms with E-state index in [9.17, 15) is 4.39 Å². The Morgan fingerprint density at radius 2 is 2.35 bits per heavy atom. The number of nitrogens with two attached hydrogens (primary N) is 1. The molecule has 2 aromatic rings. The van der Waals surface area contributed by atoms with Gasteiger partial charge in [0.2, 0.25) is 0 Å². The number of nitrogens with zero attached hydrogens (tertiary/aromatic N) is 2. The molecule has 0 bridgehead atoms. The second-order valence-electron chi connectivity index (χ2n) is 3.58. The summed E-state index contributed by atoms with van der Waals surface area (Å²) >= 11 is 2.91. The van der Waals surface area contributed by atoms with Crippen molar-refractivity contribution in [1.29, 1.82) is 0 Å². The summed E-state index contributed by atoms with van der Waals surface area (Å²) in [5, 5.41) is 0. The minimum Gasteiger partial charge on any atom is -0.323 e. The largest absolute Gasteiger partial charge is 0.323 e. The predicted molar refractivity (Wildman–Crippen MR) is 68.7 cm³/mol. The van der Waals surface area contributed by atoms with E-state index in [0.717, 1.165) is 15.7 Å². The second kappa shape index (κ2) is 5.57. The SMILES string of the molecule is Cc1nsc(SCC(N)c2cccc(F)c2)n1. The Hall–Kier alpha value is -0.980. The van der Waals surface area contributed by atoms with Crippen LogP contribution in [0.2, 0.25) is 0 Å². The van der Waals surface area contributed by atoms with Gasteiger partial charge in [0.05, 0.1) is 0 Å². The topological polar surface area (TPSA) is 51.8 Å². The molecule has 0 aliphatic heterocycles. The van der Waals surface area contributed by atoms with Crippen LogP contribution in [0.15, 0.2) is 28.6 Å². The lowest BCUT2D eigenvalue weighted by molar-refractivity contribution is 0.622. The fraction of sp³-hybridized carbons (Fsp3) is 0.273. The van der Waals surface area contributed by atoms with Crippen molar-refractivity contribution in [2.45, 2.75) is 17.3 Å². The van der Waals surface area contributed by atoms with Crippen LogP contribution in [0.4, 0.5) is 4.39 Å². The zero-order chi connectivity index (χ0) is 12.3. The fourth-order valence-corrected chi connectivity index (χ4v) is 2.99. The molecule has 0 amide bonds. The molecule has 0 aliphatic carbocycles. The number of hydrogen-bond acceptors (Lipinski definition) is 5. The van der Waals surface area contributed by atoms with E-state index in [1.807, 2.05) is 13.0 Å². The molecule has 0 radical (unpaired) electrons. The van der Waals surface area contributed by atoms with Crippen LogP contribution in [0, 0.1) is 12.7 Å². The van der Waals surface area contributed by atoms with Crippen LogP contribution >= 0.6 is 23.3 Å². The maximum absolute atomic E-state index is 13.0. The molecule has 1 heterocycles. The normalized spacial score (nSPS) is 12.6. The molecular weight excluding hydrogens is 257 g/mol. The number of rotatable bonds is 4. The third kappa shape index (κ3) is 3.49. The first-order chi connectivity index (χ1) is 8.15. The first-order valence-electron chi connectivity index (χ1n) is 5.09. The van der Waals surface area contributed by atoms with Crippen molar-refractivity contribution in [1.82, 2.24) is 9.36 Å². The Balaban J connectivity index is 1.95. The number of aromatic nitrogens is 2. The highest BCUT2D eigenvalue weighted by Crippen LogP contribution is 2.24. The minimum atomic E-state index is -0.255. The van der Waals surface area contributed by atoms with Crippen LogP contribution in [0.5, 0.6) is 0 Å². The molecule has 1 unspecified atom stereocenters. The molecule has 0 aliphatic rings. The van der Waals surface area contributed by atoms with Gasteiger partial charge in [0.25, 0.3) is 0 Å². The molecule has 0 spiro atoms. The van der Waals surface area contributed by atoms with Crippen LogP contribution in [0.1, 0.15) is 17.4 Å². The zero-order valence-electron chi connectivity index (χ0n) is 9.26. The third-order valence-electron chi connectivity index (χ3n) is 2.17. The highest BCUT2D eigenvalue weighted by atomic mass is 32.2. The van der Waals surface area contributed by atoms with Crippen molar-refractivity contribution in [2.24, 2.45) is 5.73 Å². The van der Waals surface area contributed by atoms with Gasteiger partial charge < -0.3 is 5.73 Å². The van der Waals surface area contributed by atoms with Gasteiger partial charge in [0, 0.05) is 11.8 Å². The maximum Gasteiger partial charge on any atom is 0.170 e. The Bertz CT molecular complexity index is 501. The van der Waals surface area contributed by atoms with E-state index < -0.39 is 0 Å². The van der Waals surface area contributed by atoms with Gasteiger partial charge in [-0.3, -0.25) is 0 Å². The average Bonchev–Trinajstić information content (AvgIpc) is 2.72. The predicted octanol–water partition coefficient (Wildman–Crippen LogP) is 2.78. The first-order valence-corrected chi connectivity index (χ1v) is 6.85. The lowest BCUT2D eigenvalue weighted by Gasteiger charge is -2.10. The average molecular weight is 269 g/mol. The Morgan fingerprint density at radius 3 is 3.00 bits per heavy atom. The van der Waals surface area contributed by atoms with Gasteiger partial charge in [-0.05, 0) is 36.2 Å². The van der Waals surface area contributed by atoms with E-state index in [-0.39, 0.29) is 11.9 Å². The lowest BCUT2D eigenvalue weighted by Crippen LogP contribution is -2.13. The van der Waals surface area contributed by atoms with Crippen LogP contribution < -0.4 is 5.73 Å². The van der Waals surface area contributed by atoms with Gasteiger partial charge in [-0.25, -0.2) is 9.37 Å². The molecule has 0 saturated carbocycles. The molecule has 1 atom stereocenters. The summed E-state index contributed by atoms with van der Waals surface area (Å²) in [6, 6.07) is 6.19. The summed E-state index contributed by atoms with van der Waals surface area (Å²) < 4.78 is 18.0. The van der Waals surface area contributed by atoms with E-state index >= 15 is 0 Å². The number of halogens is 1. The van der Waals surface area contributed by atoms with E-state index in [4.69, 9.17) is 5.73 Å². The summed E-state index contributed by atoms with van der Waals surface area (Å²) in [4.78, 5) is 4.23. The Kier molecular flexibility index (Phi) is 4.09. The van der Waals surface area contributed by atoms with Gasteiger partial charge in [-0.15, -0.1) is 0 Å². The minimum absolute atomic E-state index is 0.195. The standard InChI is InChI=1S/C11H12FN3S2/c1-7-14-11(17-15-7)16-6-10(13)8-3-2-4-9(12)5-8/h2-5,10H,6,13H2,1H3. The van der Waals surface area contributed by atoms with Crippen LogP contribution in [-0.4, -0.2) is 15.1 Å².